The van der Waals surface area contributed by atoms with Gasteiger partial charge in [-0.3, -0.25) is 4.79 Å². The number of hydrogen-bond acceptors (Lipinski definition) is 3. The van der Waals surface area contributed by atoms with Gasteiger partial charge in [-0.05, 0) is 58.3 Å². The van der Waals surface area contributed by atoms with Gasteiger partial charge in [0.05, 0.1) is 0 Å². The molecule has 2 rings (SSSR count). The number of carbonyl (C=O) groups is 1. The van der Waals surface area contributed by atoms with Gasteiger partial charge in [-0.25, -0.2) is 0 Å². The summed E-state index contributed by atoms with van der Waals surface area (Å²) in [4.78, 5) is 16.8. The van der Waals surface area contributed by atoms with Crippen molar-refractivity contribution in [3.63, 3.8) is 0 Å². The van der Waals surface area contributed by atoms with Crippen molar-refractivity contribution in [1.82, 2.24) is 9.80 Å². The smallest absolute Gasteiger partial charge is 0.225 e. The first-order valence-electron chi connectivity index (χ1n) is 6.88. The van der Waals surface area contributed by atoms with Crippen molar-refractivity contribution in [1.29, 1.82) is 0 Å². The summed E-state index contributed by atoms with van der Waals surface area (Å²) in [6, 6.07) is 0. The molecule has 0 aromatic rings. The Bertz CT molecular complexity index is 261. The largest absolute Gasteiger partial charge is 0.342 e. The van der Waals surface area contributed by atoms with Crippen LogP contribution in [0.25, 0.3) is 0 Å². The zero-order valence-electron chi connectivity index (χ0n) is 10.9. The van der Waals surface area contributed by atoms with E-state index in [2.05, 4.69) is 16.8 Å². The molecule has 0 radical (unpaired) electrons. The van der Waals surface area contributed by atoms with E-state index in [1.165, 1.54) is 6.42 Å². The molecular weight excluding hydrogens is 214 g/mol. The number of carbonyl (C=O) groups excluding carboxylic acids is 1. The fraction of sp³-hybridized carbons (Fsp3) is 0.923. The maximum absolute atomic E-state index is 12.4. The summed E-state index contributed by atoms with van der Waals surface area (Å²) in [5.74, 6) is 1.18. The molecule has 0 aromatic carbocycles. The minimum absolute atomic E-state index is 0.266. The van der Waals surface area contributed by atoms with Crippen LogP contribution < -0.4 is 5.73 Å². The molecule has 2 aliphatic rings. The third kappa shape index (κ3) is 3.19. The molecule has 2 fully saturated rings. The fourth-order valence-corrected chi connectivity index (χ4v) is 2.97. The summed E-state index contributed by atoms with van der Waals surface area (Å²) in [6.45, 7) is 4.68. The van der Waals surface area contributed by atoms with Crippen LogP contribution in [0.5, 0.6) is 0 Å². The van der Waals surface area contributed by atoms with Crippen molar-refractivity contribution in [3.8, 4) is 0 Å². The van der Waals surface area contributed by atoms with E-state index >= 15 is 0 Å². The highest BCUT2D eigenvalue weighted by atomic mass is 16.2. The van der Waals surface area contributed by atoms with Crippen molar-refractivity contribution in [2.75, 3.05) is 39.8 Å². The van der Waals surface area contributed by atoms with Gasteiger partial charge in [-0.15, -0.1) is 0 Å². The van der Waals surface area contributed by atoms with Crippen LogP contribution in [-0.2, 0) is 4.79 Å². The molecule has 4 heteroatoms. The molecule has 2 saturated heterocycles. The molecule has 2 heterocycles. The van der Waals surface area contributed by atoms with Crippen LogP contribution in [-0.4, -0.2) is 55.5 Å². The molecular formula is C13H25N3O. The van der Waals surface area contributed by atoms with Crippen molar-refractivity contribution in [2.45, 2.75) is 25.7 Å². The van der Waals surface area contributed by atoms with Gasteiger partial charge in [-0.2, -0.15) is 0 Å². The van der Waals surface area contributed by atoms with Gasteiger partial charge in [0.25, 0.3) is 0 Å². The lowest BCUT2D eigenvalue weighted by Crippen LogP contribution is -2.46. The van der Waals surface area contributed by atoms with E-state index < -0.39 is 0 Å². The summed E-state index contributed by atoms with van der Waals surface area (Å²) in [5, 5.41) is 0. The predicted octanol–water partition coefficient (Wildman–Crippen LogP) is 0.526. The van der Waals surface area contributed by atoms with Crippen molar-refractivity contribution in [2.24, 2.45) is 17.6 Å². The fourth-order valence-electron chi connectivity index (χ4n) is 2.97. The Morgan fingerprint density at radius 3 is 2.59 bits per heavy atom. The van der Waals surface area contributed by atoms with Gasteiger partial charge in [0.1, 0.15) is 0 Å². The van der Waals surface area contributed by atoms with E-state index in [-0.39, 0.29) is 5.92 Å². The standard InChI is InChI=1S/C13H25N3O/c1-15-7-4-12(5-8-15)13(17)16-6-2-3-11(9-14)10-16/h11-12H,2-10,14H2,1H3/t11-/m0/s1. The second kappa shape index (κ2) is 5.83. The van der Waals surface area contributed by atoms with Crippen LogP contribution in [0.3, 0.4) is 0 Å². The summed E-state index contributed by atoms with van der Waals surface area (Å²) < 4.78 is 0. The Kier molecular flexibility index (Phi) is 4.40. The van der Waals surface area contributed by atoms with Gasteiger partial charge in [-0.1, -0.05) is 0 Å². The molecule has 2 N–H and O–H groups in total. The van der Waals surface area contributed by atoms with Gasteiger partial charge >= 0.3 is 0 Å². The minimum Gasteiger partial charge on any atom is -0.342 e. The molecule has 0 spiro atoms. The first-order chi connectivity index (χ1) is 8.20. The summed E-state index contributed by atoms with van der Waals surface area (Å²) in [5.41, 5.74) is 5.72. The van der Waals surface area contributed by atoms with E-state index in [1.807, 2.05) is 0 Å². The molecule has 0 saturated carbocycles. The molecule has 4 nitrogen and oxygen atoms in total. The lowest BCUT2D eigenvalue weighted by molar-refractivity contribution is -0.138. The Labute approximate surface area is 104 Å². The zero-order valence-corrected chi connectivity index (χ0v) is 10.9. The number of hydrogen-bond donors (Lipinski definition) is 1. The molecule has 1 atom stereocenters. The van der Waals surface area contributed by atoms with Crippen LogP contribution in [0, 0.1) is 11.8 Å². The quantitative estimate of drug-likeness (QED) is 0.764. The number of nitrogens with zero attached hydrogens (tertiary/aromatic N) is 2. The normalized spacial score (nSPS) is 28.4. The Balaban J connectivity index is 1.86. The highest BCUT2D eigenvalue weighted by Gasteiger charge is 2.30. The SMILES string of the molecule is CN1CCC(C(=O)N2CCC[C@@H](CN)C2)CC1. The maximum atomic E-state index is 12.4. The Morgan fingerprint density at radius 2 is 1.94 bits per heavy atom. The number of amides is 1. The van der Waals surface area contributed by atoms with Gasteiger partial charge in [0.15, 0.2) is 0 Å². The van der Waals surface area contributed by atoms with Crippen LogP contribution in [0.15, 0.2) is 0 Å². The highest BCUT2D eigenvalue weighted by Crippen LogP contribution is 2.22. The van der Waals surface area contributed by atoms with Crippen LogP contribution in [0.1, 0.15) is 25.7 Å². The third-order valence-electron chi connectivity index (χ3n) is 4.23. The average molecular weight is 239 g/mol. The Hall–Kier alpha value is -0.610. The second-order valence-corrected chi connectivity index (χ2v) is 5.61. The number of rotatable bonds is 2. The van der Waals surface area contributed by atoms with Gasteiger partial charge < -0.3 is 15.5 Å². The molecule has 17 heavy (non-hydrogen) atoms. The van der Waals surface area contributed by atoms with E-state index in [0.29, 0.717) is 11.8 Å². The van der Waals surface area contributed by atoms with Crippen LogP contribution >= 0.6 is 0 Å². The first kappa shape index (κ1) is 12.8. The molecule has 0 bridgehead atoms. The van der Waals surface area contributed by atoms with Gasteiger partial charge in [0.2, 0.25) is 5.91 Å². The van der Waals surface area contributed by atoms with Crippen LogP contribution in [0.2, 0.25) is 0 Å². The van der Waals surface area contributed by atoms with E-state index in [9.17, 15) is 4.79 Å². The average Bonchev–Trinajstić information content (AvgIpc) is 2.39. The lowest BCUT2D eigenvalue weighted by Gasteiger charge is -2.36. The minimum atomic E-state index is 0.266. The number of piperidine rings is 2. The van der Waals surface area contributed by atoms with Crippen molar-refractivity contribution >= 4 is 5.91 Å². The van der Waals surface area contributed by atoms with E-state index in [4.69, 9.17) is 5.73 Å². The molecule has 0 aromatic heterocycles. The topological polar surface area (TPSA) is 49.6 Å². The second-order valence-electron chi connectivity index (χ2n) is 5.61. The highest BCUT2D eigenvalue weighted by molar-refractivity contribution is 5.79. The zero-order chi connectivity index (χ0) is 12.3. The summed E-state index contributed by atoms with van der Waals surface area (Å²) in [6.07, 6.45) is 4.37. The number of likely N-dealkylation sites (tertiary alicyclic amines) is 2. The molecule has 2 aliphatic heterocycles. The van der Waals surface area contributed by atoms with E-state index in [0.717, 1.165) is 52.0 Å². The van der Waals surface area contributed by atoms with Crippen molar-refractivity contribution < 1.29 is 4.79 Å². The first-order valence-corrected chi connectivity index (χ1v) is 6.88. The monoisotopic (exact) mass is 239 g/mol. The lowest BCUT2D eigenvalue weighted by atomic mass is 9.92. The molecule has 1 amide bonds. The van der Waals surface area contributed by atoms with Crippen LogP contribution in [0.4, 0.5) is 0 Å². The Morgan fingerprint density at radius 1 is 1.24 bits per heavy atom. The predicted molar refractivity (Wildman–Crippen MR) is 68.6 cm³/mol. The third-order valence-corrected chi connectivity index (χ3v) is 4.23. The van der Waals surface area contributed by atoms with E-state index in [1.54, 1.807) is 0 Å². The number of nitrogens with two attached hydrogens (primary N) is 1. The summed E-state index contributed by atoms with van der Waals surface area (Å²) >= 11 is 0. The maximum Gasteiger partial charge on any atom is 0.225 e. The molecule has 0 unspecified atom stereocenters. The van der Waals surface area contributed by atoms with Crippen molar-refractivity contribution in [3.05, 3.63) is 0 Å². The molecule has 98 valence electrons. The van der Waals surface area contributed by atoms with Gasteiger partial charge in [0, 0.05) is 19.0 Å². The summed E-state index contributed by atoms with van der Waals surface area (Å²) in [7, 11) is 2.13. The molecule has 0 aliphatic carbocycles.